The number of β-amino-alcohol motifs (C(OH)–C–C–N with tert-alkyl or cyclic N) is 1. The fourth-order valence-corrected chi connectivity index (χ4v) is 4.84. The van der Waals surface area contributed by atoms with Gasteiger partial charge in [0.25, 0.3) is 0 Å². The third kappa shape index (κ3) is 4.68. The van der Waals surface area contributed by atoms with Gasteiger partial charge in [-0.25, -0.2) is 8.42 Å². The molecule has 0 saturated carbocycles. The van der Waals surface area contributed by atoms with Crippen molar-refractivity contribution in [2.24, 2.45) is 0 Å². The highest BCUT2D eigenvalue weighted by Crippen LogP contribution is 2.26. The second-order valence-electron chi connectivity index (χ2n) is 6.79. The van der Waals surface area contributed by atoms with Gasteiger partial charge in [-0.05, 0) is 36.2 Å². The van der Waals surface area contributed by atoms with Gasteiger partial charge in [-0.1, -0.05) is 41.9 Å². The first-order valence-corrected chi connectivity index (χ1v) is 10.5. The van der Waals surface area contributed by atoms with Crippen LogP contribution in [0.3, 0.4) is 0 Å². The van der Waals surface area contributed by atoms with E-state index < -0.39 is 21.7 Å². The van der Waals surface area contributed by atoms with Crippen LogP contribution in [0.15, 0.2) is 59.5 Å². The van der Waals surface area contributed by atoms with E-state index in [0.29, 0.717) is 11.6 Å². The summed E-state index contributed by atoms with van der Waals surface area (Å²) in [5, 5.41) is 24.9. The molecule has 0 unspecified atom stereocenters. The number of halogens is 1. The zero-order valence-electron chi connectivity index (χ0n) is 14.8. The van der Waals surface area contributed by atoms with Crippen LogP contribution in [0, 0.1) is 0 Å². The van der Waals surface area contributed by atoms with Gasteiger partial charge in [0.2, 0.25) is 10.0 Å². The van der Waals surface area contributed by atoms with Crippen molar-refractivity contribution in [1.29, 1.82) is 0 Å². The Hall–Kier alpha value is -1.48. The van der Waals surface area contributed by atoms with Gasteiger partial charge in [0.05, 0.1) is 11.0 Å². The van der Waals surface area contributed by atoms with E-state index >= 15 is 0 Å². The number of aliphatic hydroxyl groups is 2. The maximum Gasteiger partial charge on any atom is 0.243 e. The first kappa shape index (κ1) is 20.3. The summed E-state index contributed by atoms with van der Waals surface area (Å²) in [5.41, 5.74) is -0.589. The molecule has 27 heavy (non-hydrogen) atoms. The van der Waals surface area contributed by atoms with Crippen molar-refractivity contribution in [2.75, 3.05) is 19.6 Å². The summed E-state index contributed by atoms with van der Waals surface area (Å²) in [6, 6.07) is 15.4. The van der Waals surface area contributed by atoms with Crippen LogP contribution in [0.25, 0.3) is 0 Å². The fourth-order valence-electron chi connectivity index (χ4n) is 3.17. The fraction of sp³-hybridized carbons (Fsp3) is 0.368. The first-order chi connectivity index (χ1) is 12.8. The molecule has 1 fully saturated rings. The lowest BCUT2D eigenvalue weighted by molar-refractivity contribution is -0.104. The van der Waals surface area contributed by atoms with E-state index in [-0.39, 0.29) is 31.0 Å². The van der Waals surface area contributed by atoms with Crippen LogP contribution in [0.5, 0.6) is 0 Å². The predicted octanol–water partition coefficient (Wildman–Crippen LogP) is 1.62. The topological polar surface area (TPSA) is 89.9 Å². The van der Waals surface area contributed by atoms with E-state index in [0.717, 1.165) is 5.56 Å². The van der Waals surface area contributed by atoms with Crippen LogP contribution in [0.4, 0.5) is 0 Å². The van der Waals surface area contributed by atoms with Gasteiger partial charge in [0, 0.05) is 31.2 Å². The Morgan fingerprint density at radius 3 is 2.48 bits per heavy atom. The van der Waals surface area contributed by atoms with E-state index in [1.807, 2.05) is 12.1 Å². The van der Waals surface area contributed by atoms with Gasteiger partial charge >= 0.3 is 0 Å². The maximum atomic E-state index is 12.8. The number of nitrogens with zero attached hydrogens (tertiary/aromatic N) is 1. The number of rotatable bonds is 6. The second kappa shape index (κ2) is 8.26. The molecule has 146 valence electrons. The number of sulfonamides is 1. The van der Waals surface area contributed by atoms with Crippen LogP contribution >= 0.6 is 11.6 Å². The molecule has 0 aromatic heterocycles. The highest BCUT2D eigenvalue weighted by Gasteiger charge is 2.44. The van der Waals surface area contributed by atoms with Gasteiger partial charge in [-0.15, -0.1) is 0 Å². The molecule has 2 atom stereocenters. The average Bonchev–Trinajstić information content (AvgIpc) is 2.66. The van der Waals surface area contributed by atoms with Crippen LogP contribution in [0.2, 0.25) is 5.02 Å². The summed E-state index contributed by atoms with van der Waals surface area (Å²) in [4.78, 5) is 0.179. The predicted molar refractivity (Wildman–Crippen MR) is 104 cm³/mol. The molecule has 1 aliphatic heterocycles. The minimum atomic E-state index is -3.72. The molecule has 8 heteroatoms. The molecule has 3 rings (SSSR count). The summed E-state index contributed by atoms with van der Waals surface area (Å²) < 4.78 is 26.9. The van der Waals surface area contributed by atoms with Crippen molar-refractivity contribution in [3.8, 4) is 0 Å². The Balaban J connectivity index is 1.67. The number of nitrogens with one attached hydrogen (secondary N) is 1. The number of hydrogen-bond donors (Lipinski definition) is 3. The minimum absolute atomic E-state index is 0.0671. The standard InChI is InChI=1S/C19H23ClN2O4S/c20-16-8-6-15(7-9-16)12-21-13-19(24)14-22(11-10-18(19)23)27(25,26)17-4-2-1-3-5-17/h1-9,18,21,23-24H,10-14H2/t18-,19+/m1/s1. The molecule has 1 saturated heterocycles. The quantitative estimate of drug-likeness (QED) is 0.673. The van der Waals surface area contributed by atoms with E-state index in [1.165, 1.54) is 16.4 Å². The molecule has 2 aromatic carbocycles. The van der Waals surface area contributed by atoms with Gasteiger partial charge in [-0.3, -0.25) is 0 Å². The van der Waals surface area contributed by atoms with Crippen molar-refractivity contribution in [1.82, 2.24) is 9.62 Å². The molecule has 1 heterocycles. The van der Waals surface area contributed by atoms with E-state index in [4.69, 9.17) is 11.6 Å². The largest absolute Gasteiger partial charge is 0.390 e. The first-order valence-electron chi connectivity index (χ1n) is 8.72. The number of hydrogen-bond acceptors (Lipinski definition) is 5. The van der Waals surface area contributed by atoms with Crippen molar-refractivity contribution in [3.63, 3.8) is 0 Å². The van der Waals surface area contributed by atoms with Crippen LogP contribution in [-0.4, -0.2) is 54.3 Å². The summed E-state index contributed by atoms with van der Waals surface area (Å²) in [6.45, 7) is 0.534. The van der Waals surface area contributed by atoms with E-state index in [9.17, 15) is 18.6 Å². The molecular weight excluding hydrogens is 388 g/mol. The summed E-state index contributed by atoms with van der Waals surface area (Å²) in [5.74, 6) is 0. The number of piperidine rings is 1. The maximum absolute atomic E-state index is 12.8. The molecule has 0 amide bonds. The van der Waals surface area contributed by atoms with Crippen molar-refractivity contribution in [3.05, 3.63) is 65.2 Å². The summed E-state index contributed by atoms with van der Waals surface area (Å²) >= 11 is 5.86. The number of benzene rings is 2. The molecule has 0 aliphatic carbocycles. The lowest BCUT2D eigenvalue weighted by Crippen LogP contribution is -2.62. The Kier molecular flexibility index (Phi) is 6.20. The third-order valence-corrected chi connectivity index (χ3v) is 6.89. The van der Waals surface area contributed by atoms with Gasteiger partial charge < -0.3 is 15.5 Å². The Morgan fingerprint density at radius 2 is 1.81 bits per heavy atom. The molecule has 0 radical (unpaired) electrons. The molecule has 6 nitrogen and oxygen atoms in total. The Morgan fingerprint density at radius 1 is 1.15 bits per heavy atom. The zero-order valence-corrected chi connectivity index (χ0v) is 16.3. The smallest absolute Gasteiger partial charge is 0.243 e. The van der Waals surface area contributed by atoms with Crippen LogP contribution < -0.4 is 5.32 Å². The molecule has 0 spiro atoms. The van der Waals surface area contributed by atoms with Gasteiger partial charge in [-0.2, -0.15) is 4.31 Å². The Labute approximate surface area is 164 Å². The molecule has 3 N–H and O–H groups in total. The van der Waals surface area contributed by atoms with Crippen molar-refractivity contribution in [2.45, 2.75) is 29.6 Å². The molecule has 0 bridgehead atoms. The minimum Gasteiger partial charge on any atom is -0.390 e. The van der Waals surface area contributed by atoms with Crippen molar-refractivity contribution >= 4 is 21.6 Å². The Bertz CT molecular complexity index is 861. The summed E-state index contributed by atoms with van der Waals surface area (Å²) in [6.07, 6.45) is -0.831. The summed E-state index contributed by atoms with van der Waals surface area (Å²) in [7, 11) is -3.72. The van der Waals surface area contributed by atoms with Gasteiger partial charge in [0.15, 0.2) is 0 Å². The molecular formula is C19H23ClN2O4S. The number of aliphatic hydroxyl groups excluding tert-OH is 1. The highest BCUT2D eigenvalue weighted by molar-refractivity contribution is 7.89. The molecule has 2 aromatic rings. The normalized spacial score (nSPS) is 24.0. The van der Waals surface area contributed by atoms with E-state index in [1.54, 1.807) is 30.3 Å². The second-order valence-corrected chi connectivity index (χ2v) is 9.16. The van der Waals surface area contributed by atoms with Gasteiger partial charge in [0.1, 0.15) is 5.60 Å². The lowest BCUT2D eigenvalue weighted by Gasteiger charge is -2.42. The zero-order chi connectivity index (χ0) is 19.5. The monoisotopic (exact) mass is 410 g/mol. The third-order valence-electron chi connectivity index (χ3n) is 4.78. The average molecular weight is 411 g/mol. The van der Waals surface area contributed by atoms with E-state index in [2.05, 4.69) is 5.32 Å². The lowest BCUT2D eigenvalue weighted by atomic mass is 9.90. The van der Waals surface area contributed by atoms with Crippen LogP contribution in [0.1, 0.15) is 12.0 Å². The van der Waals surface area contributed by atoms with Crippen molar-refractivity contribution < 1.29 is 18.6 Å². The molecule has 1 aliphatic rings. The van der Waals surface area contributed by atoms with Crippen LogP contribution in [-0.2, 0) is 16.6 Å². The SMILES string of the molecule is O=S(=O)(c1ccccc1)N1CC[C@@H](O)[C@](O)(CNCc2ccc(Cl)cc2)C1. The highest BCUT2D eigenvalue weighted by atomic mass is 35.5.